The average Bonchev–Trinajstić information content (AvgIpc) is 2.90. The number of fused-ring (bicyclic) bond motifs is 1. The molecule has 1 unspecified atom stereocenters. The van der Waals surface area contributed by atoms with Crippen LogP contribution in [-0.2, 0) is 6.42 Å². The Kier molecular flexibility index (Phi) is 4.81. The summed E-state index contributed by atoms with van der Waals surface area (Å²) < 4.78 is 12.6. The highest BCUT2D eigenvalue weighted by molar-refractivity contribution is 6.04. The Morgan fingerprint density at radius 1 is 1.29 bits per heavy atom. The minimum Gasteiger partial charge on any atom is -0.493 e. The zero-order valence-electron chi connectivity index (χ0n) is 14.0. The molecule has 1 N–H and O–H groups in total. The molecule has 0 bridgehead atoms. The molecule has 0 amide bonds. The van der Waals surface area contributed by atoms with Crippen molar-refractivity contribution in [2.75, 3.05) is 27.4 Å². The molecule has 0 radical (unpaired) electrons. The number of hydrogen-bond donors (Lipinski definition) is 1. The van der Waals surface area contributed by atoms with Crippen LogP contribution in [0.4, 0.5) is 0 Å². The van der Waals surface area contributed by atoms with Gasteiger partial charge in [-0.15, -0.1) is 0 Å². The van der Waals surface area contributed by atoms with E-state index in [0.29, 0.717) is 24.5 Å². The van der Waals surface area contributed by atoms with Crippen molar-refractivity contribution in [1.29, 1.82) is 0 Å². The number of β-amino-alcohol motifs (C(OH)–C–C–N with tert-alkyl or cyclic N) is 1. The predicted molar refractivity (Wildman–Crippen MR) is 91.2 cm³/mol. The SMILES string of the molecule is COc1cc2c(cc1OC)C(=O)C(C=C1C=C[N+](CCO)=CC1)C2. The smallest absolute Gasteiger partial charge is 0.171 e. The van der Waals surface area contributed by atoms with E-state index in [-0.39, 0.29) is 18.3 Å². The Morgan fingerprint density at radius 3 is 2.67 bits per heavy atom. The van der Waals surface area contributed by atoms with Crippen LogP contribution in [0.1, 0.15) is 22.3 Å². The highest BCUT2D eigenvalue weighted by Gasteiger charge is 2.31. The molecule has 24 heavy (non-hydrogen) atoms. The number of carbonyl (C=O) groups excluding carboxylic acids is 1. The maximum Gasteiger partial charge on any atom is 0.171 e. The molecule has 5 nitrogen and oxygen atoms in total. The Labute approximate surface area is 141 Å². The van der Waals surface area contributed by atoms with Crippen molar-refractivity contribution in [3.05, 3.63) is 47.2 Å². The van der Waals surface area contributed by atoms with E-state index in [1.54, 1.807) is 20.3 Å². The average molecular weight is 328 g/mol. The summed E-state index contributed by atoms with van der Waals surface area (Å²) in [5.74, 6) is 1.23. The van der Waals surface area contributed by atoms with E-state index < -0.39 is 0 Å². The van der Waals surface area contributed by atoms with E-state index in [0.717, 1.165) is 23.1 Å². The van der Waals surface area contributed by atoms with E-state index in [1.165, 1.54) is 0 Å². The molecular weight excluding hydrogens is 306 g/mol. The lowest BCUT2D eigenvalue weighted by Gasteiger charge is -2.09. The van der Waals surface area contributed by atoms with Gasteiger partial charge in [-0.3, -0.25) is 4.79 Å². The molecular formula is C19H22NO4+. The van der Waals surface area contributed by atoms with E-state index in [2.05, 4.69) is 0 Å². The van der Waals surface area contributed by atoms with Gasteiger partial charge in [-0.1, -0.05) is 6.08 Å². The second-order valence-electron chi connectivity index (χ2n) is 5.94. The van der Waals surface area contributed by atoms with E-state index in [9.17, 15) is 4.79 Å². The van der Waals surface area contributed by atoms with Crippen LogP contribution in [0.25, 0.3) is 0 Å². The van der Waals surface area contributed by atoms with Crippen LogP contribution in [0.2, 0.25) is 0 Å². The minimum atomic E-state index is -0.144. The summed E-state index contributed by atoms with van der Waals surface area (Å²) in [4.78, 5) is 12.7. The van der Waals surface area contributed by atoms with Gasteiger partial charge < -0.3 is 14.6 Å². The van der Waals surface area contributed by atoms with Gasteiger partial charge in [0.15, 0.2) is 30.0 Å². The number of ether oxygens (including phenoxy) is 2. The first kappa shape index (κ1) is 16.5. The molecule has 1 aromatic carbocycles. The zero-order chi connectivity index (χ0) is 17.1. The topological polar surface area (TPSA) is 58.8 Å². The number of rotatable bonds is 5. The number of methoxy groups -OCH3 is 2. The van der Waals surface area contributed by atoms with Gasteiger partial charge in [-0.05, 0) is 29.7 Å². The third-order valence-electron chi connectivity index (χ3n) is 4.47. The molecule has 3 rings (SSSR count). The van der Waals surface area contributed by atoms with Crippen LogP contribution in [0.15, 0.2) is 36.1 Å². The summed E-state index contributed by atoms with van der Waals surface area (Å²) in [6.07, 6.45) is 9.47. The molecule has 2 aliphatic rings. The number of allylic oxidation sites excluding steroid dienone is 3. The lowest BCUT2D eigenvalue weighted by atomic mass is 9.99. The number of benzene rings is 1. The molecule has 0 saturated heterocycles. The number of nitrogens with zero attached hydrogens (tertiary/aromatic N) is 1. The molecule has 1 aliphatic carbocycles. The molecule has 0 spiro atoms. The van der Waals surface area contributed by atoms with E-state index >= 15 is 0 Å². The summed E-state index contributed by atoms with van der Waals surface area (Å²) in [5, 5.41) is 8.96. The monoisotopic (exact) mass is 328 g/mol. The van der Waals surface area contributed by atoms with Gasteiger partial charge in [0, 0.05) is 17.6 Å². The van der Waals surface area contributed by atoms with Crippen molar-refractivity contribution in [2.24, 2.45) is 5.92 Å². The van der Waals surface area contributed by atoms with Crippen LogP contribution < -0.4 is 9.47 Å². The van der Waals surface area contributed by atoms with Crippen molar-refractivity contribution >= 4 is 12.0 Å². The van der Waals surface area contributed by atoms with Crippen molar-refractivity contribution in [3.63, 3.8) is 0 Å². The van der Waals surface area contributed by atoms with E-state index in [1.807, 2.05) is 35.2 Å². The standard InChI is InChI=1S/C19H22NO4/c1-23-17-11-14-10-15(19(22)16(14)12-18(17)24-2)9-13-3-5-20(6-4-13)7-8-21/h3,5-6,9,11-12,15,21H,4,7-8,10H2,1-2H3/q+1. The molecule has 1 aromatic rings. The number of carbonyl (C=O) groups is 1. The molecule has 1 atom stereocenters. The van der Waals surface area contributed by atoms with Gasteiger partial charge in [-0.2, -0.15) is 0 Å². The van der Waals surface area contributed by atoms with E-state index in [4.69, 9.17) is 14.6 Å². The number of hydrogen-bond acceptors (Lipinski definition) is 4. The predicted octanol–water partition coefficient (Wildman–Crippen LogP) is 1.98. The first-order valence-corrected chi connectivity index (χ1v) is 8.04. The largest absolute Gasteiger partial charge is 0.493 e. The second kappa shape index (κ2) is 7.01. The van der Waals surface area contributed by atoms with Gasteiger partial charge in [-0.25, -0.2) is 4.58 Å². The van der Waals surface area contributed by atoms with Crippen molar-refractivity contribution in [3.8, 4) is 11.5 Å². The van der Waals surface area contributed by atoms with Crippen LogP contribution in [0, 0.1) is 5.92 Å². The fraction of sp³-hybridized carbons (Fsp3) is 0.368. The third kappa shape index (κ3) is 3.12. The molecule has 5 heteroatoms. The van der Waals surface area contributed by atoms with Crippen LogP contribution in [0.3, 0.4) is 0 Å². The van der Waals surface area contributed by atoms with Crippen LogP contribution >= 0.6 is 0 Å². The van der Waals surface area contributed by atoms with Crippen LogP contribution in [0.5, 0.6) is 11.5 Å². The number of Topliss-reactive ketones (excluding diaryl/α,β-unsaturated/α-hetero) is 1. The van der Waals surface area contributed by atoms with Gasteiger partial charge in [0.25, 0.3) is 0 Å². The lowest BCUT2D eigenvalue weighted by Crippen LogP contribution is -2.15. The summed E-state index contributed by atoms with van der Waals surface area (Å²) >= 11 is 0. The third-order valence-corrected chi connectivity index (χ3v) is 4.47. The zero-order valence-corrected chi connectivity index (χ0v) is 14.0. The maximum atomic E-state index is 12.7. The van der Waals surface area contributed by atoms with Crippen molar-refractivity contribution in [2.45, 2.75) is 12.8 Å². The normalized spacial score (nSPS) is 21.0. The Hall–Kier alpha value is -2.40. The fourth-order valence-electron chi connectivity index (χ4n) is 3.19. The first-order valence-electron chi connectivity index (χ1n) is 8.04. The molecule has 126 valence electrons. The second-order valence-corrected chi connectivity index (χ2v) is 5.94. The summed E-state index contributed by atoms with van der Waals surface area (Å²) in [7, 11) is 3.17. The van der Waals surface area contributed by atoms with Crippen molar-refractivity contribution in [1.82, 2.24) is 0 Å². The Morgan fingerprint density at radius 2 is 2.04 bits per heavy atom. The number of ketones is 1. The molecule has 0 fully saturated rings. The molecule has 0 aromatic heterocycles. The summed E-state index contributed by atoms with van der Waals surface area (Å²) in [6, 6.07) is 3.68. The minimum absolute atomic E-state index is 0.125. The molecule has 1 aliphatic heterocycles. The number of aliphatic hydroxyl groups excluding tert-OH is 1. The van der Waals surface area contributed by atoms with Crippen LogP contribution in [-0.4, -0.2) is 49.1 Å². The lowest BCUT2D eigenvalue weighted by molar-refractivity contribution is -0.457. The highest BCUT2D eigenvalue weighted by atomic mass is 16.5. The van der Waals surface area contributed by atoms with Gasteiger partial charge in [0.05, 0.1) is 20.6 Å². The van der Waals surface area contributed by atoms with Gasteiger partial charge >= 0.3 is 0 Å². The Bertz CT molecular complexity index is 746. The first-order chi connectivity index (χ1) is 11.7. The summed E-state index contributed by atoms with van der Waals surface area (Å²) in [5.41, 5.74) is 2.85. The molecule has 1 heterocycles. The van der Waals surface area contributed by atoms with Gasteiger partial charge in [0.1, 0.15) is 12.8 Å². The summed E-state index contributed by atoms with van der Waals surface area (Å²) in [6.45, 7) is 0.719. The van der Waals surface area contributed by atoms with Crippen molar-refractivity contribution < 1.29 is 24.0 Å². The Balaban J connectivity index is 1.80. The highest BCUT2D eigenvalue weighted by Crippen LogP contribution is 2.37. The fourth-order valence-corrected chi connectivity index (χ4v) is 3.19. The quantitative estimate of drug-likeness (QED) is 0.840. The number of aliphatic hydroxyl groups is 1. The van der Waals surface area contributed by atoms with Gasteiger partial charge in [0.2, 0.25) is 0 Å². The maximum absolute atomic E-state index is 12.7. The molecule has 0 saturated carbocycles.